The maximum Gasteiger partial charge on any atom is 0.310 e. The van der Waals surface area contributed by atoms with E-state index in [-0.39, 0.29) is 12.4 Å². The molecule has 76 valence electrons. The molecule has 14 heavy (non-hydrogen) atoms. The highest BCUT2D eigenvalue weighted by Crippen LogP contribution is 2.21. The third-order valence-corrected chi connectivity index (χ3v) is 1.96. The first kappa shape index (κ1) is 10.8. The summed E-state index contributed by atoms with van der Waals surface area (Å²) in [5.74, 6) is -0.330. The first-order chi connectivity index (χ1) is 6.65. The molecule has 0 aromatic carbocycles. The fourth-order valence-corrected chi connectivity index (χ4v) is 1.17. The first-order valence-electron chi connectivity index (χ1n) is 4.18. The van der Waals surface area contributed by atoms with Gasteiger partial charge in [0.1, 0.15) is 0 Å². The highest BCUT2D eigenvalue weighted by atomic mass is 35.5. The van der Waals surface area contributed by atoms with Crippen LogP contribution in [0.2, 0.25) is 5.02 Å². The molecule has 0 radical (unpaired) electrons. The number of nitrogen functional groups attached to an aromatic ring is 1. The minimum atomic E-state index is -0.330. The van der Waals surface area contributed by atoms with Crippen LogP contribution in [0.3, 0.4) is 0 Å². The fourth-order valence-electron chi connectivity index (χ4n) is 0.994. The van der Waals surface area contributed by atoms with Crippen LogP contribution in [0, 0.1) is 0 Å². The molecule has 0 bridgehead atoms. The maximum atomic E-state index is 11.1. The molecule has 5 heteroatoms. The number of hydrogen-bond acceptors (Lipinski definition) is 4. The van der Waals surface area contributed by atoms with E-state index in [0.717, 1.165) is 0 Å². The summed E-state index contributed by atoms with van der Waals surface area (Å²) in [6, 6.07) is 0. The van der Waals surface area contributed by atoms with Gasteiger partial charge in [0.25, 0.3) is 0 Å². The van der Waals surface area contributed by atoms with Crippen LogP contribution in [0.4, 0.5) is 5.69 Å². The zero-order chi connectivity index (χ0) is 10.6. The Morgan fingerprint density at radius 2 is 2.36 bits per heavy atom. The van der Waals surface area contributed by atoms with E-state index in [2.05, 4.69) is 4.98 Å². The predicted molar refractivity (Wildman–Crippen MR) is 54.0 cm³/mol. The van der Waals surface area contributed by atoms with Crippen molar-refractivity contribution in [2.24, 2.45) is 0 Å². The van der Waals surface area contributed by atoms with Crippen LogP contribution in [0.25, 0.3) is 0 Å². The summed E-state index contributed by atoms with van der Waals surface area (Å²) in [4.78, 5) is 15.0. The van der Waals surface area contributed by atoms with Crippen molar-refractivity contribution in [3.05, 3.63) is 23.0 Å². The lowest BCUT2D eigenvalue weighted by molar-refractivity contribution is -0.142. The zero-order valence-corrected chi connectivity index (χ0v) is 8.54. The number of ether oxygens (including phenoxy) is 1. The molecule has 0 aliphatic rings. The molecule has 0 saturated carbocycles. The van der Waals surface area contributed by atoms with Crippen molar-refractivity contribution in [3.63, 3.8) is 0 Å². The summed E-state index contributed by atoms with van der Waals surface area (Å²) in [6.07, 6.45) is 3.05. The summed E-state index contributed by atoms with van der Waals surface area (Å²) in [5.41, 5.74) is 6.62. The average Bonchev–Trinajstić information content (AvgIpc) is 2.13. The van der Waals surface area contributed by atoms with Gasteiger partial charge in [-0.15, -0.1) is 0 Å². The molecule has 4 nitrogen and oxygen atoms in total. The highest BCUT2D eigenvalue weighted by Gasteiger charge is 2.09. The van der Waals surface area contributed by atoms with Gasteiger partial charge >= 0.3 is 5.97 Å². The van der Waals surface area contributed by atoms with E-state index >= 15 is 0 Å². The molecule has 0 atom stereocenters. The van der Waals surface area contributed by atoms with Crippen molar-refractivity contribution in [2.45, 2.75) is 13.3 Å². The number of rotatable bonds is 3. The molecular weight excluding hydrogens is 204 g/mol. The molecule has 0 amide bonds. The van der Waals surface area contributed by atoms with Gasteiger partial charge in [-0.2, -0.15) is 0 Å². The van der Waals surface area contributed by atoms with Crippen molar-refractivity contribution in [1.29, 1.82) is 0 Å². The smallest absolute Gasteiger partial charge is 0.310 e. The van der Waals surface area contributed by atoms with Gasteiger partial charge < -0.3 is 10.5 Å². The number of halogens is 1. The second kappa shape index (κ2) is 4.81. The summed E-state index contributed by atoms with van der Waals surface area (Å²) in [7, 11) is 0. The number of nitrogens with zero attached hydrogens (tertiary/aromatic N) is 1. The Balaban J connectivity index is 2.76. The predicted octanol–water partition coefficient (Wildman–Crippen LogP) is 1.42. The van der Waals surface area contributed by atoms with Crippen molar-refractivity contribution in [3.8, 4) is 0 Å². The molecule has 0 aliphatic heterocycles. The molecule has 0 fully saturated rings. The summed E-state index contributed by atoms with van der Waals surface area (Å²) in [6.45, 7) is 2.10. The van der Waals surface area contributed by atoms with E-state index in [1.54, 1.807) is 6.92 Å². The molecule has 1 aromatic heterocycles. The number of hydrogen-bond donors (Lipinski definition) is 1. The number of esters is 1. The molecule has 0 saturated heterocycles. The van der Waals surface area contributed by atoms with Gasteiger partial charge in [0, 0.05) is 18.0 Å². The van der Waals surface area contributed by atoms with Gasteiger partial charge in [-0.25, -0.2) is 0 Å². The molecule has 0 spiro atoms. The van der Waals surface area contributed by atoms with E-state index in [1.165, 1.54) is 12.4 Å². The van der Waals surface area contributed by atoms with Gasteiger partial charge in [0.15, 0.2) is 0 Å². The molecule has 1 heterocycles. The van der Waals surface area contributed by atoms with Crippen LogP contribution in [0.15, 0.2) is 12.4 Å². The standard InChI is InChI=1S/C9H11ClN2O2/c1-2-14-8(13)3-6-4-12-5-7(10)9(6)11/h4-5H,2-3H2,1H3,(H2,11,12). The Labute approximate surface area is 87.0 Å². The van der Waals surface area contributed by atoms with Gasteiger partial charge in [-0.3, -0.25) is 9.78 Å². The molecule has 2 N–H and O–H groups in total. The van der Waals surface area contributed by atoms with Crippen LogP contribution >= 0.6 is 11.6 Å². The van der Waals surface area contributed by atoms with Gasteiger partial charge in [-0.1, -0.05) is 11.6 Å². The zero-order valence-electron chi connectivity index (χ0n) is 7.79. The number of carbonyl (C=O) groups is 1. The van der Waals surface area contributed by atoms with Gasteiger partial charge in [0.2, 0.25) is 0 Å². The Hall–Kier alpha value is -1.29. The van der Waals surface area contributed by atoms with Crippen molar-refractivity contribution < 1.29 is 9.53 Å². The van der Waals surface area contributed by atoms with Crippen LogP contribution in [0.5, 0.6) is 0 Å². The lowest BCUT2D eigenvalue weighted by Gasteiger charge is -2.05. The number of aromatic nitrogens is 1. The largest absolute Gasteiger partial charge is 0.466 e. The minimum absolute atomic E-state index is 0.104. The van der Waals surface area contributed by atoms with Crippen LogP contribution in [-0.4, -0.2) is 17.6 Å². The van der Waals surface area contributed by atoms with E-state index in [0.29, 0.717) is 22.9 Å². The normalized spacial score (nSPS) is 9.86. The van der Waals surface area contributed by atoms with E-state index in [9.17, 15) is 4.79 Å². The highest BCUT2D eigenvalue weighted by molar-refractivity contribution is 6.33. The van der Waals surface area contributed by atoms with Crippen molar-refractivity contribution >= 4 is 23.3 Å². The topological polar surface area (TPSA) is 65.2 Å². The Morgan fingerprint density at radius 3 is 3.00 bits per heavy atom. The molecule has 0 unspecified atom stereocenters. The Kier molecular flexibility index (Phi) is 3.71. The number of nitrogens with two attached hydrogens (primary N) is 1. The molecule has 1 rings (SSSR count). The summed E-state index contributed by atoms with van der Waals surface area (Å²) >= 11 is 5.73. The van der Waals surface area contributed by atoms with Crippen LogP contribution in [-0.2, 0) is 16.0 Å². The quantitative estimate of drug-likeness (QED) is 0.773. The number of carbonyl (C=O) groups excluding carboxylic acids is 1. The minimum Gasteiger partial charge on any atom is -0.466 e. The second-order valence-corrected chi connectivity index (χ2v) is 3.08. The van der Waals surface area contributed by atoms with Crippen molar-refractivity contribution in [2.75, 3.05) is 12.3 Å². The number of pyridine rings is 1. The fraction of sp³-hybridized carbons (Fsp3) is 0.333. The van der Waals surface area contributed by atoms with E-state index < -0.39 is 0 Å². The van der Waals surface area contributed by atoms with Crippen LogP contribution < -0.4 is 5.73 Å². The van der Waals surface area contributed by atoms with E-state index in [1.807, 2.05) is 0 Å². The third kappa shape index (κ3) is 2.60. The molecular formula is C9H11ClN2O2. The average molecular weight is 215 g/mol. The Morgan fingerprint density at radius 1 is 1.64 bits per heavy atom. The molecule has 0 aliphatic carbocycles. The SMILES string of the molecule is CCOC(=O)Cc1cncc(Cl)c1N. The monoisotopic (exact) mass is 214 g/mol. The second-order valence-electron chi connectivity index (χ2n) is 2.68. The van der Waals surface area contributed by atoms with E-state index in [4.69, 9.17) is 22.1 Å². The lowest BCUT2D eigenvalue weighted by Crippen LogP contribution is -2.09. The summed E-state index contributed by atoms with van der Waals surface area (Å²) < 4.78 is 4.78. The first-order valence-corrected chi connectivity index (χ1v) is 4.56. The maximum absolute atomic E-state index is 11.1. The van der Waals surface area contributed by atoms with Gasteiger partial charge in [-0.05, 0) is 6.92 Å². The lowest BCUT2D eigenvalue weighted by atomic mass is 10.2. The number of anilines is 1. The Bertz CT molecular complexity index is 342. The van der Waals surface area contributed by atoms with Crippen LogP contribution in [0.1, 0.15) is 12.5 Å². The van der Waals surface area contributed by atoms with Gasteiger partial charge in [0.05, 0.1) is 23.7 Å². The third-order valence-electron chi connectivity index (χ3n) is 1.66. The summed E-state index contributed by atoms with van der Waals surface area (Å²) in [5, 5.41) is 0.354. The molecule has 1 aromatic rings. The van der Waals surface area contributed by atoms with Crippen molar-refractivity contribution in [1.82, 2.24) is 4.98 Å².